The molecule has 1 rings (SSSR count). The zero-order chi connectivity index (χ0) is 15.3. The summed E-state index contributed by atoms with van der Waals surface area (Å²) >= 11 is 1.28. The van der Waals surface area contributed by atoms with Crippen molar-refractivity contribution >= 4 is 28.2 Å². The van der Waals surface area contributed by atoms with Gasteiger partial charge in [0, 0.05) is 26.7 Å². The second-order valence-electron chi connectivity index (χ2n) is 5.05. The molecule has 0 saturated carbocycles. The van der Waals surface area contributed by atoms with Crippen LogP contribution in [0.15, 0.2) is 0 Å². The summed E-state index contributed by atoms with van der Waals surface area (Å²) in [6.45, 7) is 7.41. The smallest absolute Gasteiger partial charge is 0.267 e. The third-order valence-corrected chi connectivity index (χ3v) is 4.34. The van der Waals surface area contributed by atoms with Crippen LogP contribution >= 0.6 is 11.3 Å². The first kappa shape index (κ1) is 16.7. The summed E-state index contributed by atoms with van der Waals surface area (Å²) in [7, 11) is 3.43. The van der Waals surface area contributed by atoms with Crippen molar-refractivity contribution in [1.29, 1.82) is 0 Å². The monoisotopic (exact) mass is 300 g/mol. The quantitative estimate of drug-likeness (QED) is 0.752. The fourth-order valence-corrected chi connectivity index (χ4v) is 2.51. The number of amides is 1. The van der Waals surface area contributed by atoms with Crippen molar-refractivity contribution in [3.8, 4) is 0 Å². The predicted molar refractivity (Wildman–Crippen MR) is 83.3 cm³/mol. The Kier molecular flexibility index (Phi) is 6.22. The van der Waals surface area contributed by atoms with Crippen LogP contribution in [0.5, 0.6) is 0 Å². The van der Waals surface area contributed by atoms with Crippen LogP contribution in [0.2, 0.25) is 0 Å². The third kappa shape index (κ3) is 4.08. The van der Waals surface area contributed by atoms with Gasteiger partial charge in [0.1, 0.15) is 10.7 Å². The molecule has 6 nitrogen and oxygen atoms in total. The Hall–Kier alpha value is -1.34. The summed E-state index contributed by atoms with van der Waals surface area (Å²) in [5.74, 6) is 0.584. The van der Waals surface area contributed by atoms with E-state index in [0.717, 1.165) is 0 Å². The topological polar surface area (TPSA) is 80.5 Å². The fraction of sp³-hybridized carbons (Fsp3) is 0.692. The maximum Gasteiger partial charge on any atom is 0.267 e. The maximum absolute atomic E-state index is 12.4. The number of methoxy groups -OCH3 is 1. The molecule has 0 saturated heterocycles. The van der Waals surface area contributed by atoms with Gasteiger partial charge in [-0.05, 0) is 12.8 Å². The molecule has 7 heteroatoms. The lowest BCUT2D eigenvalue weighted by molar-refractivity contribution is 0.0713. The maximum atomic E-state index is 12.4. The number of anilines is 2. The van der Waals surface area contributed by atoms with E-state index in [2.05, 4.69) is 24.1 Å². The van der Waals surface area contributed by atoms with E-state index in [-0.39, 0.29) is 17.8 Å². The predicted octanol–water partition coefficient (Wildman–Crippen LogP) is 1.90. The molecule has 0 aliphatic rings. The molecule has 0 aliphatic carbocycles. The first-order valence-electron chi connectivity index (χ1n) is 6.64. The minimum Gasteiger partial charge on any atom is -0.383 e. The van der Waals surface area contributed by atoms with Crippen LogP contribution in [0.4, 0.5) is 10.9 Å². The minimum atomic E-state index is -0.0824. The van der Waals surface area contributed by atoms with Gasteiger partial charge < -0.3 is 20.7 Å². The van der Waals surface area contributed by atoms with Crippen LogP contribution in [0.1, 0.15) is 30.4 Å². The highest BCUT2D eigenvalue weighted by atomic mass is 32.1. The average Bonchev–Trinajstić information content (AvgIpc) is 2.77. The number of rotatable bonds is 7. The molecule has 114 valence electrons. The van der Waals surface area contributed by atoms with Crippen molar-refractivity contribution in [2.45, 2.75) is 26.8 Å². The Morgan fingerprint density at radius 1 is 1.50 bits per heavy atom. The number of carbonyl (C=O) groups excluding carboxylic acids is 1. The summed E-state index contributed by atoms with van der Waals surface area (Å²) < 4.78 is 4.95. The lowest BCUT2D eigenvalue weighted by Crippen LogP contribution is -2.38. The van der Waals surface area contributed by atoms with Crippen LogP contribution in [0.25, 0.3) is 0 Å². The number of nitrogens with one attached hydrogen (secondary N) is 1. The van der Waals surface area contributed by atoms with Crippen molar-refractivity contribution in [3.05, 3.63) is 4.88 Å². The van der Waals surface area contributed by atoms with Gasteiger partial charge in [-0.1, -0.05) is 25.2 Å². The van der Waals surface area contributed by atoms with E-state index < -0.39 is 0 Å². The molecule has 3 N–H and O–H groups in total. The van der Waals surface area contributed by atoms with Gasteiger partial charge in [-0.3, -0.25) is 4.79 Å². The van der Waals surface area contributed by atoms with Crippen LogP contribution in [0, 0.1) is 5.92 Å². The van der Waals surface area contributed by atoms with E-state index >= 15 is 0 Å². The van der Waals surface area contributed by atoms with Crippen LogP contribution < -0.4 is 11.1 Å². The van der Waals surface area contributed by atoms with E-state index in [9.17, 15) is 4.79 Å². The molecule has 0 aliphatic heterocycles. The van der Waals surface area contributed by atoms with Gasteiger partial charge in [0.25, 0.3) is 5.91 Å². The van der Waals surface area contributed by atoms with Gasteiger partial charge in [0.15, 0.2) is 5.13 Å². The van der Waals surface area contributed by atoms with Gasteiger partial charge in [0.2, 0.25) is 0 Å². The molecule has 0 aromatic carbocycles. The fourth-order valence-electron chi connectivity index (χ4n) is 1.61. The van der Waals surface area contributed by atoms with E-state index in [1.54, 1.807) is 19.1 Å². The molecule has 0 fully saturated rings. The molecule has 1 aromatic heterocycles. The Balaban J connectivity index is 2.78. The summed E-state index contributed by atoms with van der Waals surface area (Å²) in [4.78, 5) is 18.8. The van der Waals surface area contributed by atoms with Crippen molar-refractivity contribution in [2.75, 3.05) is 38.4 Å². The SMILES string of the molecule is COCCNc1nc(N)c(C(=O)N(C)C(C)C(C)C)s1. The number of nitrogen functional groups attached to an aromatic ring is 1. The number of nitrogens with zero attached hydrogens (tertiary/aromatic N) is 2. The highest BCUT2D eigenvalue weighted by Crippen LogP contribution is 2.27. The molecule has 1 heterocycles. The molecule has 20 heavy (non-hydrogen) atoms. The molecular formula is C13H24N4O2S. The highest BCUT2D eigenvalue weighted by Gasteiger charge is 2.24. The van der Waals surface area contributed by atoms with Crippen molar-refractivity contribution in [3.63, 3.8) is 0 Å². The summed E-state index contributed by atoms with van der Waals surface area (Å²) in [5, 5.41) is 3.73. The molecule has 0 spiro atoms. The van der Waals surface area contributed by atoms with E-state index in [0.29, 0.717) is 29.1 Å². The summed E-state index contributed by atoms with van der Waals surface area (Å²) in [6.07, 6.45) is 0. The first-order chi connectivity index (χ1) is 9.38. The molecule has 0 bridgehead atoms. The number of aromatic nitrogens is 1. The lowest BCUT2D eigenvalue weighted by atomic mass is 10.1. The molecule has 1 unspecified atom stereocenters. The zero-order valence-corrected chi connectivity index (χ0v) is 13.6. The lowest BCUT2D eigenvalue weighted by Gasteiger charge is -2.27. The number of thiazole rings is 1. The van der Waals surface area contributed by atoms with Gasteiger partial charge in [-0.25, -0.2) is 4.98 Å². The zero-order valence-electron chi connectivity index (χ0n) is 12.8. The highest BCUT2D eigenvalue weighted by molar-refractivity contribution is 7.18. The molecule has 0 radical (unpaired) electrons. The molecule has 1 aromatic rings. The number of carbonyl (C=O) groups is 1. The van der Waals surface area contributed by atoms with Gasteiger partial charge >= 0.3 is 0 Å². The minimum absolute atomic E-state index is 0.0824. The Morgan fingerprint density at radius 3 is 2.70 bits per heavy atom. The largest absolute Gasteiger partial charge is 0.383 e. The van der Waals surface area contributed by atoms with Crippen LogP contribution in [0.3, 0.4) is 0 Å². The Morgan fingerprint density at radius 2 is 2.15 bits per heavy atom. The van der Waals surface area contributed by atoms with E-state index in [1.165, 1.54) is 11.3 Å². The van der Waals surface area contributed by atoms with Crippen molar-refractivity contribution in [1.82, 2.24) is 9.88 Å². The van der Waals surface area contributed by atoms with Gasteiger partial charge in [-0.15, -0.1) is 0 Å². The van der Waals surface area contributed by atoms with Gasteiger partial charge in [0.05, 0.1) is 6.61 Å². The number of nitrogens with two attached hydrogens (primary N) is 1. The number of ether oxygens (including phenoxy) is 1. The Bertz CT molecular complexity index is 448. The normalized spacial score (nSPS) is 12.5. The van der Waals surface area contributed by atoms with Crippen LogP contribution in [-0.4, -0.2) is 49.1 Å². The van der Waals surface area contributed by atoms with E-state index in [4.69, 9.17) is 10.5 Å². The first-order valence-corrected chi connectivity index (χ1v) is 7.46. The second kappa shape index (κ2) is 7.44. The molecular weight excluding hydrogens is 276 g/mol. The Labute approximate surface area is 124 Å². The van der Waals surface area contributed by atoms with Crippen LogP contribution in [-0.2, 0) is 4.74 Å². The summed E-state index contributed by atoms with van der Waals surface area (Å²) in [5.41, 5.74) is 5.84. The third-order valence-electron chi connectivity index (χ3n) is 3.33. The van der Waals surface area contributed by atoms with Gasteiger partial charge in [-0.2, -0.15) is 0 Å². The number of hydrogen-bond acceptors (Lipinski definition) is 6. The summed E-state index contributed by atoms with van der Waals surface area (Å²) in [6, 6.07) is 0.147. The van der Waals surface area contributed by atoms with Crippen molar-refractivity contribution in [2.24, 2.45) is 5.92 Å². The van der Waals surface area contributed by atoms with Crippen molar-refractivity contribution < 1.29 is 9.53 Å². The van der Waals surface area contributed by atoms with E-state index in [1.807, 2.05) is 6.92 Å². The second-order valence-corrected chi connectivity index (χ2v) is 6.05. The number of hydrogen-bond donors (Lipinski definition) is 2. The standard InChI is InChI=1S/C13H24N4O2S/c1-8(2)9(3)17(4)12(18)10-11(14)16-13(20-10)15-6-7-19-5/h8-9H,6-7,14H2,1-5H3,(H,15,16). The molecule has 1 atom stereocenters. The average molecular weight is 300 g/mol. The molecule has 1 amide bonds.